The Morgan fingerprint density at radius 3 is 2.56 bits per heavy atom. The van der Waals surface area contributed by atoms with Crippen LogP contribution in [0.5, 0.6) is 0 Å². The van der Waals surface area contributed by atoms with Gasteiger partial charge >= 0.3 is 0 Å². The Morgan fingerprint density at radius 2 is 2.00 bits per heavy atom. The predicted octanol–water partition coefficient (Wildman–Crippen LogP) is 5.05. The van der Waals surface area contributed by atoms with Crippen molar-refractivity contribution in [2.45, 2.75) is 38.7 Å². The highest BCUT2D eigenvalue weighted by molar-refractivity contribution is 9.10. The first-order valence-electron chi connectivity index (χ1n) is 6.33. The smallest absolute Gasteiger partial charge is 0.0622 e. The molecule has 0 aromatic heterocycles. The average molecular weight is 334 g/mol. The quantitative estimate of drug-likeness (QED) is 0.634. The molecule has 0 aliphatic carbocycles. The first-order valence-corrected chi connectivity index (χ1v) is 7.66. The Labute approximate surface area is 124 Å². The van der Waals surface area contributed by atoms with Gasteiger partial charge in [-0.2, -0.15) is 0 Å². The summed E-state index contributed by atoms with van der Waals surface area (Å²) in [6.07, 6.45) is 3.14. The lowest BCUT2D eigenvalue weighted by atomic mass is 9.91. The predicted molar refractivity (Wildman–Crippen MR) is 82.4 cm³/mol. The summed E-state index contributed by atoms with van der Waals surface area (Å²) in [5.74, 6) is 1.20. The van der Waals surface area contributed by atoms with Crippen molar-refractivity contribution in [2.24, 2.45) is 5.92 Å². The van der Waals surface area contributed by atoms with Gasteiger partial charge in [-0.1, -0.05) is 34.1 Å². The van der Waals surface area contributed by atoms with E-state index in [-0.39, 0.29) is 5.60 Å². The molecule has 0 aliphatic heterocycles. The van der Waals surface area contributed by atoms with Gasteiger partial charge in [-0.25, -0.2) is 0 Å². The van der Waals surface area contributed by atoms with Crippen LogP contribution in [0.2, 0.25) is 0 Å². The third kappa shape index (κ3) is 5.29. The topological polar surface area (TPSA) is 9.23 Å². The minimum absolute atomic E-state index is 0.0573. The van der Waals surface area contributed by atoms with Crippen molar-refractivity contribution in [2.75, 3.05) is 13.0 Å². The van der Waals surface area contributed by atoms with Crippen LogP contribution in [0.3, 0.4) is 0 Å². The van der Waals surface area contributed by atoms with Crippen molar-refractivity contribution in [1.29, 1.82) is 0 Å². The molecular formula is C15H22BrClO. The highest BCUT2D eigenvalue weighted by Crippen LogP contribution is 2.25. The number of alkyl halides is 1. The minimum Gasteiger partial charge on any atom is -0.379 e. The van der Waals surface area contributed by atoms with E-state index < -0.39 is 0 Å². The van der Waals surface area contributed by atoms with Gasteiger partial charge in [0.15, 0.2) is 0 Å². The molecule has 1 aromatic rings. The molecular weight excluding hydrogens is 312 g/mol. The lowest BCUT2D eigenvalue weighted by Gasteiger charge is -2.25. The fraction of sp³-hybridized carbons (Fsp3) is 0.600. The maximum absolute atomic E-state index is 6.09. The SMILES string of the molecule is COC(C)(C)CCC(CCl)Cc1ccccc1Br. The van der Waals surface area contributed by atoms with E-state index in [1.54, 1.807) is 7.11 Å². The lowest BCUT2D eigenvalue weighted by Crippen LogP contribution is -2.24. The molecule has 1 aromatic carbocycles. The molecule has 0 spiro atoms. The zero-order valence-electron chi connectivity index (χ0n) is 11.4. The van der Waals surface area contributed by atoms with Crippen LogP contribution in [-0.4, -0.2) is 18.6 Å². The Balaban J connectivity index is 2.55. The summed E-state index contributed by atoms with van der Waals surface area (Å²) in [4.78, 5) is 0. The molecule has 0 aliphatic rings. The summed E-state index contributed by atoms with van der Waals surface area (Å²) in [5, 5.41) is 0. The van der Waals surface area contributed by atoms with Crippen LogP contribution >= 0.6 is 27.5 Å². The van der Waals surface area contributed by atoms with Gasteiger partial charge in [0, 0.05) is 17.5 Å². The minimum atomic E-state index is -0.0573. The molecule has 0 heterocycles. The molecule has 0 saturated heterocycles. The van der Waals surface area contributed by atoms with E-state index in [2.05, 4.69) is 48.0 Å². The van der Waals surface area contributed by atoms with Crippen molar-refractivity contribution in [1.82, 2.24) is 0 Å². The van der Waals surface area contributed by atoms with Crippen LogP contribution in [-0.2, 0) is 11.2 Å². The molecule has 0 amide bonds. The fourth-order valence-electron chi connectivity index (χ4n) is 1.86. The molecule has 18 heavy (non-hydrogen) atoms. The highest BCUT2D eigenvalue weighted by atomic mass is 79.9. The number of rotatable bonds is 7. The molecule has 1 atom stereocenters. The Hall–Kier alpha value is -0.0500. The zero-order valence-corrected chi connectivity index (χ0v) is 13.7. The van der Waals surface area contributed by atoms with Crippen molar-refractivity contribution in [3.05, 3.63) is 34.3 Å². The standard InChI is InChI=1S/C15H22BrClO/c1-15(2,18-3)9-8-12(11-17)10-13-6-4-5-7-14(13)16/h4-7,12H,8-11H2,1-3H3. The third-order valence-corrected chi connectivity index (χ3v) is 4.60. The lowest BCUT2D eigenvalue weighted by molar-refractivity contribution is 0.0110. The summed E-state index contributed by atoms with van der Waals surface area (Å²) < 4.78 is 6.63. The number of methoxy groups -OCH3 is 1. The second kappa shape index (κ2) is 7.52. The molecule has 3 heteroatoms. The van der Waals surface area contributed by atoms with E-state index in [0.717, 1.165) is 19.3 Å². The first-order chi connectivity index (χ1) is 8.48. The Kier molecular flexibility index (Phi) is 6.68. The van der Waals surface area contributed by atoms with Gasteiger partial charge in [0.05, 0.1) is 5.60 Å². The van der Waals surface area contributed by atoms with E-state index in [9.17, 15) is 0 Å². The van der Waals surface area contributed by atoms with Crippen LogP contribution in [0, 0.1) is 5.92 Å². The first kappa shape index (κ1) is 16.0. The van der Waals surface area contributed by atoms with Crippen molar-refractivity contribution < 1.29 is 4.74 Å². The van der Waals surface area contributed by atoms with E-state index >= 15 is 0 Å². The maximum atomic E-state index is 6.09. The summed E-state index contributed by atoms with van der Waals surface area (Å²) in [6.45, 7) is 4.24. The van der Waals surface area contributed by atoms with E-state index in [1.807, 2.05) is 6.07 Å². The fourth-order valence-corrected chi connectivity index (χ4v) is 2.57. The molecule has 0 radical (unpaired) electrons. The van der Waals surface area contributed by atoms with Crippen LogP contribution in [0.25, 0.3) is 0 Å². The monoisotopic (exact) mass is 332 g/mol. The molecule has 1 nitrogen and oxygen atoms in total. The average Bonchev–Trinajstić information content (AvgIpc) is 2.36. The normalized spacial score (nSPS) is 13.6. The van der Waals surface area contributed by atoms with Crippen LogP contribution in [0.4, 0.5) is 0 Å². The van der Waals surface area contributed by atoms with Gasteiger partial charge in [0.25, 0.3) is 0 Å². The molecule has 0 bridgehead atoms. The van der Waals surface area contributed by atoms with Crippen LogP contribution in [0.1, 0.15) is 32.3 Å². The zero-order chi connectivity index (χ0) is 13.6. The maximum Gasteiger partial charge on any atom is 0.0622 e. The largest absolute Gasteiger partial charge is 0.379 e. The summed E-state index contributed by atoms with van der Waals surface area (Å²) in [5.41, 5.74) is 1.27. The molecule has 0 N–H and O–H groups in total. The van der Waals surface area contributed by atoms with Crippen molar-refractivity contribution in [3.8, 4) is 0 Å². The summed E-state index contributed by atoms with van der Waals surface area (Å²) in [7, 11) is 1.77. The second-order valence-corrected chi connectivity index (χ2v) is 6.48. The molecule has 0 fully saturated rings. The van der Waals surface area contributed by atoms with E-state index in [0.29, 0.717) is 11.8 Å². The van der Waals surface area contributed by atoms with Crippen molar-refractivity contribution >= 4 is 27.5 Å². The number of benzene rings is 1. The molecule has 0 saturated carbocycles. The van der Waals surface area contributed by atoms with E-state index in [1.165, 1.54) is 10.0 Å². The van der Waals surface area contributed by atoms with Gasteiger partial charge in [-0.15, -0.1) is 11.6 Å². The number of hydrogen-bond donors (Lipinski definition) is 0. The summed E-state index contributed by atoms with van der Waals surface area (Å²) >= 11 is 9.68. The van der Waals surface area contributed by atoms with Gasteiger partial charge < -0.3 is 4.74 Å². The van der Waals surface area contributed by atoms with E-state index in [4.69, 9.17) is 16.3 Å². The summed E-state index contributed by atoms with van der Waals surface area (Å²) in [6, 6.07) is 8.35. The van der Waals surface area contributed by atoms with Gasteiger partial charge in [0.1, 0.15) is 0 Å². The van der Waals surface area contributed by atoms with Crippen LogP contribution in [0.15, 0.2) is 28.7 Å². The van der Waals surface area contributed by atoms with Crippen molar-refractivity contribution in [3.63, 3.8) is 0 Å². The van der Waals surface area contributed by atoms with Gasteiger partial charge in [-0.3, -0.25) is 0 Å². The molecule has 1 unspecified atom stereocenters. The van der Waals surface area contributed by atoms with Crippen LogP contribution < -0.4 is 0 Å². The van der Waals surface area contributed by atoms with Gasteiger partial charge in [-0.05, 0) is 50.7 Å². The number of ether oxygens (including phenoxy) is 1. The number of hydrogen-bond acceptors (Lipinski definition) is 1. The highest BCUT2D eigenvalue weighted by Gasteiger charge is 2.19. The Bertz CT molecular complexity index is 365. The third-order valence-electron chi connectivity index (χ3n) is 3.39. The molecule has 102 valence electrons. The van der Waals surface area contributed by atoms with Gasteiger partial charge in [0.2, 0.25) is 0 Å². The molecule has 1 rings (SSSR count). The number of halogens is 2. The second-order valence-electron chi connectivity index (χ2n) is 5.32. The Morgan fingerprint density at radius 1 is 1.33 bits per heavy atom.